The summed E-state index contributed by atoms with van der Waals surface area (Å²) in [5.74, 6) is -1.30. The number of nitrogens with zero attached hydrogens (tertiary/aromatic N) is 3. The summed E-state index contributed by atoms with van der Waals surface area (Å²) in [5, 5.41) is 45.9. The number of allylic oxidation sites excluding steroid dienone is 1. The zero-order chi connectivity index (χ0) is 47.2. The number of hydrogen-bond acceptors (Lipinski definition) is 15. The van der Waals surface area contributed by atoms with Crippen LogP contribution in [-0.4, -0.2) is 114 Å². The van der Waals surface area contributed by atoms with Gasteiger partial charge in [-0.2, -0.15) is 0 Å². The highest BCUT2D eigenvalue weighted by atomic mass is 16.8. The molecule has 1 saturated heterocycles. The van der Waals surface area contributed by atoms with Gasteiger partial charge in [-0.15, -0.1) is 6.58 Å². The molecule has 7 unspecified atom stereocenters. The maximum atomic E-state index is 14.8. The van der Waals surface area contributed by atoms with E-state index in [4.69, 9.17) is 38.4 Å². The summed E-state index contributed by atoms with van der Waals surface area (Å²) in [6, 6.07) is 16.6. The standard InChI is InChI=1S/C50H61N3O14/c1-2-25-63-50-45(52(21-27-61-28-24-56)49(58)65-37-17-15-36(16-18-37)53(59)60)32-43(51-67-46-14-5-8-26-62-46)41-30-35(11-3-6-22-54)40(13-4-7-23-55)47(48(41)50)42-31-39(19-20-44(42)66-50)64-38-12-9-10-34(29-38)33-57/h2,9-10,12,15-20,29-31,33,35,40,45-48,54-56H,1,3-8,11,13-14,21-28,32H2. The van der Waals surface area contributed by atoms with E-state index in [0.29, 0.717) is 67.2 Å². The van der Waals surface area contributed by atoms with Crippen LogP contribution in [0.15, 0.2) is 96.2 Å². The Morgan fingerprint density at radius 2 is 1.73 bits per heavy atom. The Balaban J connectivity index is 1.43. The number of ether oxygens (including phenoxy) is 6. The van der Waals surface area contributed by atoms with Crippen LogP contribution in [0.4, 0.5) is 10.5 Å². The lowest BCUT2D eigenvalue weighted by Crippen LogP contribution is -2.70. The summed E-state index contributed by atoms with van der Waals surface area (Å²) >= 11 is 0. The van der Waals surface area contributed by atoms with Crippen molar-refractivity contribution >= 4 is 23.8 Å². The predicted molar refractivity (Wildman–Crippen MR) is 245 cm³/mol. The van der Waals surface area contributed by atoms with Crippen molar-refractivity contribution in [2.75, 3.05) is 52.8 Å². The van der Waals surface area contributed by atoms with Gasteiger partial charge < -0.3 is 48.6 Å². The summed E-state index contributed by atoms with van der Waals surface area (Å²) in [5.41, 5.74) is 2.46. The number of unbranched alkanes of at least 4 members (excludes halogenated alkanes) is 2. The third-order valence-electron chi connectivity index (χ3n) is 12.9. The Hall–Kier alpha value is -5.69. The van der Waals surface area contributed by atoms with E-state index in [1.165, 1.54) is 29.2 Å². The lowest BCUT2D eigenvalue weighted by Gasteiger charge is -2.59. The van der Waals surface area contributed by atoms with E-state index >= 15 is 0 Å². The number of fused-ring (bicyclic) bond motifs is 2. The summed E-state index contributed by atoms with van der Waals surface area (Å²) in [6.45, 7) is 4.28. The van der Waals surface area contributed by atoms with Crippen LogP contribution < -0.4 is 14.2 Å². The fraction of sp³-hybridized carbons (Fsp3) is 0.500. The van der Waals surface area contributed by atoms with Crippen LogP contribution in [-0.2, 0) is 19.0 Å². The number of benzene rings is 3. The Bertz CT molecular complexity index is 2210. The Morgan fingerprint density at radius 1 is 0.955 bits per heavy atom. The van der Waals surface area contributed by atoms with E-state index in [0.717, 1.165) is 43.1 Å². The Kier molecular flexibility index (Phi) is 17.5. The average Bonchev–Trinajstić information content (AvgIpc) is 3.34. The fourth-order valence-electron chi connectivity index (χ4n) is 9.92. The number of hydrogen-bond donors (Lipinski definition) is 3. The van der Waals surface area contributed by atoms with E-state index in [2.05, 4.69) is 12.7 Å². The number of aldehydes is 1. The molecular weight excluding hydrogens is 867 g/mol. The third kappa shape index (κ3) is 11.7. The molecule has 0 radical (unpaired) electrons. The minimum absolute atomic E-state index is 0.00838. The third-order valence-corrected chi connectivity index (χ3v) is 12.9. The number of oxime groups is 1. The van der Waals surface area contributed by atoms with Gasteiger partial charge in [0.1, 0.15) is 35.3 Å². The SMILES string of the molecule is C=CCOC12Oc3ccc(Oc4cccc(C=O)c4)cc3C3C(CCCCO)C(CCCCO)C=C(C(=NOC4CCCCO4)CC1N(CCOCCO)C(=O)Oc1ccc([N+](=O)[O-])cc1)C32. The van der Waals surface area contributed by atoms with E-state index in [1.54, 1.807) is 36.4 Å². The largest absolute Gasteiger partial charge is 0.459 e. The molecule has 2 fully saturated rings. The minimum Gasteiger partial charge on any atom is -0.459 e. The molecule has 360 valence electrons. The van der Waals surface area contributed by atoms with Crippen molar-refractivity contribution in [1.82, 2.24) is 4.90 Å². The second-order valence-corrected chi connectivity index (χ2v) is 17.1. The van der Waals surface area contributed by atoms with Gasteiger partial charge in [-0.25, -0.2) is 4.79 Å². The van der Waals surface area contributed by atoms with Crippen molar-refractivity contribution in [3.8, 4) is 23.0 Å². The number of aliphatic hydroxyl groups excluding tert-OH is 3. The van der Waals surface area contributed by atoms with Gasteiger partial charge in [0.2, 0.25) is 12.1 Å². The molecule has 4 aliphatic rings. The van der Waals surface area contributed by atoms with Crippen LogP contribution in [0, 0.1) is 27.9 Å². The highest BCUT2D eigenvalue weighted by Gasteiger charge is 2.65. The summed E-state index contributed by atoms with van der Waals surface area (Å²) in [7, 11) is 0. The molecule has 67 heavy (non-hydrogen) atoms. The molecule has 2 aliphatic heterocycles. The fourth-order valence-corrected chi connectivity index (χ4v) is 9.92. The smallest absolute Gasteiger partial charge is 0.415 e. The van der Waals surface area contributed by atoms with Crippen molar-refractivity contribution in [2.24, 2.45) is 22.9 Å². The van der Waals surface area contributed by atoms with Crippen molar-refractivity contribution in [1.29, 1.82) is 0 Å². The maximum absolute atomic E-state index is 14.8. The Morgan fingerprint density at radius 3 is 2.45 bits per heavy atom. The molecule has 1 saturated carbocycles. The Labute approximate surface area is 390 Å². The molecule has 3 aromatic carbocycles. The molecular formula is C50H61N3O14. The minimum atomic E-state index is -1.64. The molecule has 7 atom stereocenters. The highest BCUT2D eigenvalue weighted by molar-refractivity contribution is 6.03. The van der Waals surface area contributed by atoms with Gasteiger partial charge in [-0.1, -0.05) is 42.3 Å². The zero-order valence-electron chi connectivity index (χ0n) is 37.7. The van der Waals surface area contributed by atoms with Crippen LogP contribution in [0.3, 0.4) is 0 Å². The van der Waals surface area contributed by atoms with E-state index in [9.17, 15) is 35.0 Å². The van der Waals surface area contributed by atoms with Crippen LogP contribution in [0.2, 0.25) is 0 Å². The molecule has 0 aromatic heterocycles. The van der Waals surface area contributed by atoms with Crippen molar-refractivity contribution < 1.29 is 63.1 Å². The van der Waals surface area contributed by atoms with Gasteiger partial charge in [-0.05, 0) is 98.4 Å². The molecule has 17 heteroatoms. The first-order valence-corrected chi connectivity index (χ1v) is 23.2. The maximum Gasteiger partial charge on any atom is 0.415 e. The number of nitro benzene ring substituents is 1. The summed E-state index contributed by atoms with van der Waals surface area (Å²) in [6.07, 6.45) is 9.76. The van der Waals surface area contributed by atoms with Crippen LogP contribution in [0.25, 0.3) is 0 Å². The van der Waals surface area contributed by atoms with Gasteiger partial charge in [-0.3, -0.25) is 19.8 Å². The predicted octanol–water partition coefficient (Wildman–Crippen LogP) is 7.87. The van der Waals surface area contributed by atoms with Crippen molar-refractivity contribution in [3.05, 3.63) is 112 Å². The number of carbonyl (C=O) groups excluding carboxylic acids is 2. The highest BCUT2D eigenvalue weighted by Crippen LogP contribution is 2.62. The van der Waals surface area contributed by atoms with E-state index < -0.39 is 35.1 Å². The van der Waals surface area contributed by atoms with E-state index in [-0.39, 0.29) is 81.8 Å². The second-order valence-electron chi connectivity index (χ2n) is 17.1. The van der Waals surface area contributed by atoms with Gasteiger partial charge in [0.25, 0.3) is 5.69 Å². The summed E-state index contributed by atoms with van der Waals surface area (Å²) in [4.78, 5) is 45.2. The number of non-ortho nitro benzene ring substituents is 1. The average molecular weight is 928 g/mol. The van der Waals surface area contributed by atoms with E-state index in [1.807, 2.05) is 12.1 Å². The van der Waals surface area contributed by atoms with Crippen LogP contribution in [0.1, 0.15) is 86.0 Å². The van der Waals surface area contributed by atoms with Gasteiger partial charge in [0.15, 0.2) is 0 Å². The first kappa shape index (κ1) is 49.2. The number of carbonyl (C=O) groups is 2. The first-order valence-electron chi connectivity index (χ1n) is 23.2. The molecule has 2 aliphatic carbocycles. The van der Waals surface area contributed by atoms with Crippen molar-refractivity contribution in [2.45, 2.75) is 88.2 Å². The molecule has 7 rings (SSSR count). The molecule has 1 amide bonds. The lowest BCUT2D eigenvalue weighted by atomic mass is 9.55. The van der Waals surface area contributed by atoms with Crippen LogP contribution in [0.5, 0.6) is 23.0 Å². The second kappa shape index (κ2) is 23.9. The monoisotopic (exact) mass is 927 g/mol. The first-order chi connectivity index (χ1) is 32.7. The van der Waals surface area contributed by atoms with Gasteiger partial charge in [0, 0.05) is 61.8 Å². The number of nitro groups is 1. The molecule has 17 nitrogen and oxygen atoms in total. The number of amides is 1. The molecule has 2 heterocycles. The number of rotatable bonds is 24. The molecule has 0 spiro atoms. The van der Waals surface area contributed by atoms with Crippen LogP contribution >= 0.6 is 0 Å². The number of aliphatic hydroxyl groups is 3. The normalized spacial score (nSPS) is 24.6. The molecule has 0 bridgehead atoms. The molecule has 3 N–H and O–H groups in total. The van der Waals surface area contributed by atoms with Gasteiger partial charge >= 0.3 is 6.09 Å². The molecule has 3 aromatic rings. The van der Waals surface area contributed by atoms with Gasteiger partial charge in [0.05, 0.1) is 49.6 Å². The van der Waals surface area contributed by atoms with Crippen molar-refractivity contribution in [3.63, 3.8) is 0 Å². The quantitative estimate of drug-likeness (QED) is 0.0256. The zero-order valence-corrected chi connectivity index (χ0v) is 37.7. The topological polar surface area (TPSA) is 218 Å². The lowest BCUT2D eigenvalue weighted by molar-refractivity contribution is -0.384. The summed E-state index contributed by atoms with van der Waals surface area (Å²) < 4.78 is 38.5.